The van der Waals surface area contributed by atoms with Crippen molar-refractivity contribution in [2.24, 2.45) is 0 Å². The van der Waals surface area contributed by atoms with E-state index in [4.69, 9.17) is 9.31 Å². The molecule has 2 aromatic heterocycles. The van der Waals surface area contributed by atoms with Gasteiger partial charge in [-0.05, 0) is 51.3 Å². The molecule has 1 aliphatic heterocycles. The molecule has 0 atom stereocenters. The van der Waals surface area contributed by atoms with Crippen molar-refractivity contribution in [1.82, 2.24) is 4.98 Å². The molecule has 0 aliphatic carbocycles. The Bertz CT molecular complexity index is 594. The van der Waals surface area contributed by atoms with Crippen molar-refractivity contribution in [1.29, 1.82) is 0 Å². The molecule has 0 spiro atoms. The van der Waals surface area contributed by atoms with Crippen LogP contribution in [0.2, 0.25) is 0 Å². The molecule has 0 N–H and O–H groups in total. The summed E-state index contributed by atoms with van der Waals surface area (Å²) in [6.45, 7) is 8.21. The maximum Gasteiger partial charge on any atom is 0.514 e. The summed E-state index contributed by atoms with van der Waals surface area (Å²) in [6.07, 6.45) is 0. The van der Waals surface area contributed by atoms with Crippen LogP contribution in [0.5, 0.6) is 0 Å². The number of pyridine rings is 1. The third kappa shape index (κ3) is 2.30. The van der Waals surface area contributed by atoms with Gasteiger partial charge in [0.25, 0.3) is 0 Å². The van der Waals surface area contributed by atoms with E-state index in [-0.39, 0.29) is 11.2 Å². The lowest BCUT2D eigenvalue weighted by Crippen LogP contribution is -2.41. The van der Waals surface area contributed by atoms with E-state index in [1.807, 2.05) is 18.2 Å². The number of aromatic nitrogens is 1. The molecule has 1 aliphatic rings. The summed E-state index contributed by atoms with van der Waals surface area (Å²) in [4.78, 5) is 4.68. The average Bonchev–Trinajstić information content (AvgIpc) is 2.97. The van der Waals surface area contributed by atoms with Gasteiger partial charge in [-0.1, -0.05) is 6.07 Å². The fourth-order valence-corrected chi connectivity index (χ4v) is 2.77. The van der Waals surface area contributed by atoms with E-state index in [2.05, 4.69) is 49.5 Å². The highest BCUT2D eigenvalue weighted by atomic mass is 32.1. The van der Waals surface area contributed by atoms with Crippen LogP contribution in [-0.2, 0) is 9.31 Å². The number of thiophene rings is 1. The van der Waals surface area contributed by atoms with Crippen LogP contribution >= 0.6 is 11.3 Å². The van der Waals surface area contributed by atoms with Gasteiger partial charge in [0.15, 0.2) is 0 Å². The molecule has 0 radical (unpaired) electrons. The highest BCUT2D eigenvalue weighted by Gasteiger charge is 2.52. The minimum absolute atomic E-state index is 0.336. The maximum atomic E-state index is 6.04. The molecule has 104 valence electrons. The number of hydrogen-bond acceptors (Lipinski definition) is 4. The Morgan fingerprint density at radius 1 is 1.05 bits per heavy atom. The third-order valence-electron chi connectivity index (χ3n) is 4.08. The molecule has 1 saturated heterocycles. The molecule has 1 fully saturated rings. The second-order valence-corrected chi connectivity index (χ2v) is 6.83. The summed E-state index contributed by atoms with van der Waals surface area (Å²) in [7, 11) is -0.404. The fraction of sp³-hybridized carbons (Fsp3) is 0.400. The Kier molecular flexibility index (Phi) is 3.24. The Morgan fingerprint density at radius 2 is 1.75 bits per heavy atom. The van der Waals surface area contributed by atoms with Crippen LogP contribution in [0.25, 0.3) is 11.3 Å². The predicted molar refractivity (Wildman–Crippen MR) is 83.3 cm³/mol. The molecular formula is C15H18BNO2S. The first-order valence-corrected chi connectivity index (χ1v) is 7.68. The fourth-order valence-electron chi connectivity index (χ4n) is 2.12. The van der Waals surface area contributed by atoms with Gasteiger partial charge in [-0.2, -0.15) is 11.3 Å². The lowest BCUT2D eigenvalue weighted by molar-refractivity contribution is 0.00578. The van der Waals surface area contributed by atoms with Gasteiger partial charge < -0.3 is 9.31 Å². The van der Waals surface area contributed by atoms with Crippen LogP contribution in [0.4, 0.5) is 0 Å². The zero-order chi connectivity index (χ0) is 14.4. The smallest absolute Gasteiger partial charge is 0.398 e. The van der Waals surface area contributed by atoms with E-state index < -0.39 is 7.12 Å². The number of hydrogen-bond donors (Lipinski definition) is 0. The molecule has 2 aromatic rings. The minimum atomic E-state index is -0.404. The minimum Gasteiger partial charge on any atom is -0.398 e. The van der Waals surface area contributed by atoms with E-state index in [9.17, 15) is 0 Å². The van der Waals surface area contributed by atoms with Crippen LogP contribution in [-0.4, -0.2) is 23.3 Å². The summed E-state index contributed by atoms with van der Waals surface area (Å²) in [5, 5.41) is 4.15. The SMILES string of the molecule is CC1(C)OB(c2cccc(-c3ccsc3)n2)OC1(C)C. The molecule has 3 rings (SSSR count). The molecular weight excluding hydrogens is 269 g/mol. The Labute approximate surface area is 124 Å². The largest absolute Gasteiger partial charge is 0.514 e. The van der Waals surface area contributed by atoms with Crippen molar-refractivity contribution in [3.63, 3.8) is 0 Å². The second-order valence-electron chi connectivity index (χ2n) is 6.05. The molecule has 5 heteroatoms. The van der Waals surface area contributed by atoms with E-state index in [1.165, 1.54) is 0 Å². The van der Waals surface area contributed by atoms with Crippen LogP contribution in [0.15, 0.2) is 35.0 Å². The van der Waals surface area contributed by atoms with E-state index >= 15 is 0 Å². The summed E-state index contributed by atoms with van der Waals surface area (Å²) >= 11 is 1.67. The van der Waals surface area contributed by atoms with E-state index in [1.54, 1.807) is 11.3 Å². The molecule has 0 bridgehead atoms. The molecule has 3 nitrogen and oxygen atoms in total. The van der Waals surface area contributed by atoms with Crippen molar-refractivity contribution in [3.8, 4) is 11.3 Å². The summed E-state index contributed by atoms with van der Waals surface area (Å²) in [5.41, 5.74) is 2.24. The lowest BCUT2D eigenvalue weighted by Gasteiger charge is -2.32. The van der Waals surface area contributed by atoms with Crippen molar-refractivity contribution in [3.05, 3.63) is 35.0 Å². The highest BCUT2D eigenvalue weighted by Crippen LogP contribution is 2.36. The summed E-state index contributed by atoms with van der Waals surface area (Å²) < 4.78 is 12.1. The molecule has 0 saturated carbocycles. The first-order valence-electron chi connectivity index (χ1n) is 6.74. The first kappa shape index (κ1) is 13.8. The third-order valence-corrected chi connectivity index (χ3v) is 4.77. The summed E-state index contributed by atoms with van der Waals surface area (Å²) in [5.74, 6) is 0. The summed E-state index contributed by atoms with van der Waals surface area (Å²) in [6, 6.07) is 8.04. The van der Waals surface area contributed by atoms with Gasteiger partial charge in [0.2, 0.25) is 0 Å². The monoisotopic (exact) mass is 287 g/mol. The van der Waals surface area contributed by atoms with Crippen molar-refractivity contribution in [2.75, 3.05) is 0 Å². The van der Waals surface area contributed by atoms with Gasteiger partial charge in [-0.15, -0.1) is 0 Å². The second kappa shape index (κ2) is 4.69. The number of nitrogens with zero attached hydrogens (tertiary/aromatic N) is 1. The van der Waals surface area contributed by atoms with E-state index in [0.29, 0.717) is 0 Å². The van der Waals surface area contributed by atoms with Crippen LogP contribution in [0.3, 0.4) is 0 Å². The number of rotatable bonds is 2. The topological polar surface area (TPSA) is 31.4 Å². The molecule has 20 heavy (non-hydrogen) atoms. The lowest BCUT2D eigenvalue weighted by atomic mass is 9.84. The van der Waals surface area contributed by atoms with Gasteiger partial charge >= 0.3 is 7.12 Å². The van der Waals surface area contributed by atoms with Crippen molar-refractivity contribution in [2.45, 2.75) is 38.9 Å². The molecule has 3 heterocycles. The average molecular weight is 287 g/mol. The van der Waals surface area contributed by atoms with Crippen LogP contribution in [0.1, 0.15) is 27.7 Å². The highest BCUT2D eigenvalue weighted by molar-refractivity contribution is 7.08. The Balaban J connectivity index is 1.91. The Hall–Kier alpha value is -1.17. The van der Waals surface area contributed by atoms with Gasteiger partial charge in [0.05, 0.1) is 22.5 Å². The Morgan fingerprint density at radius 3 is 2.35 bits per heavy atom. The molecule has 0 amide bonds. The van der Waals surface area contributed by atoms with E-state index in [0.717, 1.165) is 16.9 Å². The molecule has 0 aromatic carbocycles. The standard InChI is InChI=1S/C15H18BNO2S/c1-14(2)15(3,4)19-16(18-14)13-7-5-6-12(17-13)11-8-9-20-10-11/h5-10H,1-4H3. The van der Waals surface area contributed by atoms with Crippen LogP contribution in [0, 0.1) is 0 Å². The normalized spacial score (nSPS) is 20.3. The quantitative estimate of drug-likeness (QED) is 0.795. The zero-order valence-electron chi connectivity index (χ0n) is 12.2. The van der Waals surface area contributed by atoms with Crippen LogP contribution < -0.4 is 5.59 Å². The zero-order valence-corrected chi connectivity index (χ0v) is 13.0. The van der Waals surface area contributed by atoms with Gasteiger partial charge in [-0.3, -0.25) is 4.98 Å². The first-order chi connectivity index (χ1) is 9.39. The van der Waals surface area contributed by atoms with Gasteiger partial charge in [-0.25, -0.2) is 0 Å². The van der Waals surface area contributed by atoms with Crippen molar-refractivity contribution < 1.29 is 9.31 Å². The maximum absolute atomic E-state index is 6.04. The van der Waals surface area contributed by atoms with Gasteiger partial charge in [0, 0.05) is 10.9 Å². The molecule has 0 unspecified atom stereocenters. The van der Waals surface area contributed by atoms with Crippen molar-refractivity contribution >= 4 is 24.0 Å². The predicted octanol–water partition coefficient (Wildman–Crippen LogP) is 3.11. The van der Waals surface area contributed by atoms with Gasteiger partial charge in [0.1, 0.15) is 0 Å².